The highest BCUT2D eigenvalue weighted by Crippen LogP contribution is 2.27. The van der Waals surface area contributed by atoms with E-state index >= 15 is 0 Å². The van der Waals surface area contributed by atoms with Crippen molar-refractivity contribution in [1.82, 2.24) is 0 Å². The Hall–Kier alpha value is -2.88. The van der Waals surface area contributed by atoms with Crippen LogP contribution >= 0.6 is 0 Å². The molecular weight excluding hydrogens is 216 g/mol. The fourth-order valence-electron chi connectivity index (χ4n) is 1.88. The first-order valence-corrected chi connectivity index (χ1v) is 5.44. The fourth-order valence-corrected chi connectivity index (χ4v) is 1.88. The van der Waals surface area contributed by atoms with E-state index in [9.17, 15) is 0 Å². The Bertz CT molecular complexity index is 699. The van der Waals surface area contributed by atoms with E-state index in [0.29, 0.717) is 16.7 Å². The smallest absolute Gasteiger partial charge is 0.0561 e. The maximum absolute atomic E-state index is 5.57. The van der Waals surface area contributed by atoms with Gasteiger partial charge in [-0.25, -0.2) is 0 Å². The molecule has 0 heteroatoms. The first kappa shape index (κ1) is 11.6. The predicted octanol–water partition coefficient (Wildman–Crippen LogP) is 3.30. The molecule has 0 nitrogen and oxygen atoms in total. The van der Waals surface area contributed by atoms with Crippen LogP contribution in [0.25, 0.3) is 11.1 Å². The van der Waals surface area contributed by atoms with Gasteiger partial charge in [-0.3, -0.25) is 0 Å². The Morgan fingerprint density at radius 3 is 1.89 bits per heavy atom. The minimum Gasteiger partial charge on any atom is -0.115 e. The maximum atomic E-state index is 5.57. The molecule has 0 aromatic heterocycles. The molecule has 2 aromatic carbocycles. The molecular formula is C18H10. The third-order valence-corrected chi connectivity index (χ3v) is 2.73. The lowest BCUT2D eigenvalue weighted by Crippen LogP contribution is -1.93. The van der Waals surface area contributed by atoms with Crippen LogP contribution in [-0.4, -0.2) is 0 Å². The van der Waals surface area contributed by atoms with E-state index in [1.165, 1.54) is 0 Å². The molecule has 82 valence electrons. The first-order chi connectivity index (χ1) is 8.81. The predicted molar refractivity (Wildman–Crippen MR) is 75.7 cm³/mol. The van der Waals surface area contributed by atoms with E-state index in [1.54, 1.807) is 0 Å². The van der Waals surface area contributed by atoms with Crippen LogP contribution in [-0.2, 0) is 0 Å². The molecule has 2 rings (SSSR count). The second-order valence-corrected chi connectivity index (χ2v) is 3.71. The zero-order valence-electron chi connectivity index (χ0n) is 9.77. The Kier molecular flexibility index (Phi) is 3.20. The molecule has 0 heterocycles. The van der Waals surface area contributed by atoms with E-state index in [-0.39, 0.29) is 0 Å². The highest BCUT2D eigenvalue weighted by atomic mass is 14.1. The molecule has 0 bridgehead atoms. The van der Waals surface area contributed by atoms with Gasteiger partial charge in [0.15, 0.2) is 0 Å². The van der Waals surface area contributed by atoms with Crippen LogP contribution in [0.3, 0.4) is 0 Å². The van der Waals surface area contributed by atoms with Crippen LogP contribution in [0.2, 0.25) is 0 Å². The first-order valence-electron chi connectivity index (χ1n) is 5.44. The second-order valence-electron chi connectivity index (χ2n) is 3.71. The minimum atomic E-state index is 0.612. The second kappa shape index (κ2) is 4.97. The third kappa shape index (κ3) is 1.87. The van der Waals surface area contributed by atoms with Crippen LogP contribution in [0.15, 0.2) is 42.5 Å². The molecule has 0 unspecified atom stereocenters. The van der Waals surface area contributed by atoms with Crippen molar-refractivity contribution < 1.29 is 0 Å². The molecule has 0 spiro atoms. The number of terminal acetylenes is 3. The fraction of sp³-hybridized carbons (Fsp3) is 0. The van der Waals surface area contributed by atoms with Gasteiger partial charge in [-0.1, -0.05) is 54.2 Å². The van der Waals surface area contributed by atoms with Gasteiger partial charge in [0.1, 0.15) is 0 Å². The SMILES string of the molecule is C#Cc1ccc(-c2ccccc2)c(C#C)c1C#C. The topological polar surface area (TPSA) is 0 Å². The Balaban J connectivity index is 2.77. The van der Waals surface area contributed by atoms with Crippen LogP contribution in [0.4, 0.5) is 0 Å². The summed E-state index contributed by atoms with van der Waals surface area (Å²) < 4.78 is 0. The maximum Gasteiger partial charge on any atom is 0.0561 e. The van der Waals surface area contributed by atoms with Gasteiger partial charge in [0.25, 0.3) is 0 Å². The van der Waals surface area contributed by atoms with E-state index < -0.39 is 0 Å². The Morgan fingerprint density at radius 1 is 0.667 bits per heavy atom. The van der Waals surface area contributed by atoms with Gasteiger partial charge < -0.3 is 0 Å². The zero-order chi connectivity index (χ0) is 13.0. The number of rotatable bonds is 1. The van der Waals surface area contributed by atoms with Gasteiger partial charge in [0, 0.05) is 11.1 Å². The normalized spacial score (nSPS) is 8.94. The van der Waals surface area contributed by atoms with E-state index in [0.717, 1.165) is 11.1 Å². The highest BCUT2D eigenvalue weighted by Gasteiger charge is 2.10. The van der Waals surface area contributed by atoms with Crippen molar-refractivity contribution in [2.45, 2.75) is 0 Å². The molecule has 0 saturated heterocycles. The summed E-state index contributed by atoms with van der Waals surface area (Å²) in [4.78, 5) is 0. The summed E-state index contributed by atoms with van der Waals surface area (Å²) in [6, 6.07) is 13.6. The van der Waals surface area contributed by atoms with E-state index in [4.69, 9.17) is 19.3 Å². The molecule has 0 radical (unpaired) electrons. The monoisotopic (exact) mass is 226 g/mol. The van der Waals surface area contributed by atoms with Gasteiger partial charge in [-0.05, 0) is 17.2 Å². The van der Waals surface area contributed by atoms with Crippen molar-refractivity contribution in [2.75, 3.05) is 0 Å². The van der Waals surface area contributed by atoms with Crippen molar-refractivity contribution in [2.24, 2.45) is 0 Å². The van der Waals surface area contributed by atoms with Crippen molar-refractivity contribution in [1.29, 1.82) is 0 Å². The quantitative estimate of drug-likeness (QED) is 0.654. The summed E-state index contributed by atoms with van der Waals surface area (Å²) in [7, 11) is 0. The van der Waals surface area contributed by atoms with Gasteiger partial charge in [-0.15, -0.1) is 19.3 Å². The summed E-state index contributed by atoms with van der Waals surface area (Å²) in [5.41, 5.74) is 3.92. The lowest BCUT2D eigenvalue weighted by molar-refractivity contribution is 1.52. The van der Waals surface area contributed by atoms with Crippen molar-refractivity contribution in [3.8, 4) is 48.2 Å². The molecule has 0 aliphatic rings. The van der Waals surface area contributed by atoms with Crippen LogP contribution in [0.1, 0.15) is 16.7 Å². The minimum absolute atomic E-state index is 0.612. The summed E-state index contributed by atoms with van der Waals surface area (Å²) in [6.07, 6.45) is 16.5. The molecule has 0 N–H and O–H groups in total. The Morgan fingerprint density at radius 2 is 1.33 bits per heavy atom. The molecule has 0 fully saturated rings. The highest BCUT2D eigenvalue weighted by molar-refractivity contribution is 5.76. The van der Waals surface area contributed by atoms with Crippen LogP contribution in [0, 0.1) is 37.0 Å². The van der Waals surface area contributed by atoms with Gasteiger partial charge >= 0.3 is 0 Å². The lowest BCUT2D eigenvalue weighted by Gasteiger charge is -2.09. The standard InChI is InChI=1S/C18H10/c1-4-14-12-13-18(15-10-8-7-9-11-15)17(6-3)16(14)5-2/h1-3,7-13H. The zero-order valence-corrected chi connectivity index (χ0v) is 9.77. The molecule has 18 heavy (non-hydrogen) atoms. The molecule has 0 atom stereocenters. The number of benzene rings is 2. The van der Waals surface area contributed by atoms with Crippen LogP contribution < -0.4 is 0 Å². The molecule has 2 aromatic rings. The van der Waals surface area contributed by atoms with Crippen molar-refractivity contribution in [3.63, 3.8) is 0 Å². The summed E-state index contributed by atoms with van der Waals surface area (Å²) in [5, 5.41) is 0. The van der Waals surface area contributed by atoms with Crippen molar-refractivity contribution in [3.05, 3.63) is 59.2 Å². The molecule has 0 saturated carbocycles. The van der Waals surface area contributed by atoms with Gasteiger partial charge in [0.05, 0.1) is 5.56 Å². The molecule has 0 aliphatic carbocycles. The van der Waals surface area contributed by atoms with E-state index in [1.807, 2.05) is 42.5 Å². The number of hydrogen-bond donors (Lipinski definition) is 0. The third-order valence-electron chi connectivity index (χ3n) is 2.73. The average Bonchev–Trinajstić information content (AvgIpc) is 2.46. The lowest BCUT2D eigenvalue weighted by atomic mass is 9.93. The number of hydrogen-bond acceptors (Lipinski definition) is 0. The van der Waals surface area contributed by atoms with Gasteiger partial charge in [0.2, 0.25) is 0 Å². The molecule has 0 amide bonds. The summed E-state index contributed by atoms with van der Waals surface area (Å²) in [6.45, 7) is 0. The average molecular weight is 226 g/mol. The Labute approximate surface area is 108 Å². The van der Waals surface area contributed by atoms with E-state index in [2.05, 4.69) is 17.8 Å². The largest absolute Gasteiger partial charge is 0.115 e. The van der Waals surface area contributed by atoms with Crippen LogP contribution in [0.5, 0.6) is 0 Å². The van der Waals surface area contributed by atoms with Crippen molar-refractivity contribution >= 4 is 0 Å². The van der Waals surface area contributed by atoms with Gasteiger partial charge in [-0.2, -0.15) is 0 Å². The summed E-state index contributed by atoms with van der Waals surface area (Å²) >= 11 is 0. The summed E-state index contributed by atoms with van der Waals surface area (Å²) in [5.74, 6) is 7.80. The molecule has 0 aliphatic heterocycles.